The fourth-order valence-electron chi connectivity index (χ4n) is 3.04. The first-order valence-electron chi connectivity index (χ1n) is 9.85. The van der Waals surface area contributed by atoms with Gasteiger partial charge in [-0.2, -0.15) is 0 Å². The predicted octanol–water partition coefficient (Wildman–Crippen LogP) is 7.61. The maximum absolute atomic E-state index is 14.0. The van der Waals surface area contributed by atoms with Crippen LogP contribution in [-0.2, 0) is 19.3 Å². The Morgan fingerprint density at radius 1 is 0.654 bits per heavy atom. The fourth-order valence-corrected chi connectivity index (χ4v) is 3.04. The van der Waals surface area contributed by atoms with Gasteiger partial charge in [0.1, 0.15) is 5.83 Å². The van der Waals surface area contributed by atoms with Crippen molar-refractivity contribution in [1.29, 1.82) is 0 Å². The summed E-state index contributed by atoms with van der Waals surface area (Å²) in [4.78, 5) is 0. The van der Waals surface area contributed by atoms with Crippen LogP contribution in [0.15, 0.2) is 54.4 Å². The van der Waals surface area contributed by atoms with E-state index in [1.807, 2.05) is 19.1 Å². The van der Waals surface area contributed by atoms with Crippen LogP contribution in [0.25, 0.3) is 5.83 Å². The molecule has 0 bridgehead atoms. The van der Waals surface area contributed by atoms with Gasteiger partial charge in [-0.15, -0.1) is 0 Å². The molecule has 0 saturated carbocycles. The second-order valence-corrected chi connectivity index (χ2v) is 6.94. The summed E-state index contributed by atoms with van der Waals surface area (Å²) in [6, 6.07) is 16.0. The summed E-state index contributed by atoms with van der Waals surface area (Å²) in [5.74, 6) is -1.38. The zero-order valence-corrected chi connectivity index (χ0v) is 16.0. The molecule has 0 atom stereocenters. The second kappa shape index (κ2) is 10.9. The van der Waals surface area contributed by atoms with Crippen LogP contribution in [-0.4, -0.2) is 0 Å². The van der Waals surface area contributed by atoms with Crippen molar-refractivity contribution in [2.24, 2.45) is 0 Å². The van der Waals surface area contributed by atoms with E-state index in [2.05, 4.69) is 31.2 Å². The molecule has 0 amide bonds. The number of unbranched alkanes of at least 4 members (excludes halogenated alkanes) is 2. The molecule has 0 spiro atoms. The maximum atomic E-state index is 14.0. The SMILES string of the molecule is CCCCCc1ccc(CCc2ccc(C(F)=C(F)CCC)cc2)cc1. The molecule has 0 aliphatic rings. The molecular formula is C24H30F2. The van der Waals surface area contributed by atoms with Crippen LogP contribution >= 0.6 is 0 Å². The molecule has 0 unspecified atom stereocenters. The molecule has 2 heteroatoms. The lowest BCUT2D eigenvalue weighted by atomic mass is 10.0. The minimum absolute atomic E-state index is 0.155. The number of rotatable bonds is 10. The Balaban J connectivity index is 1.88. The normalized spacial score (nSPS) is 12.2. The highest BCUT2D eigenvalue weighted by atomic mass is 19.2. The topological polar surface area (TPSA) is 0 Å². The first kappa shape index (κ1) is 20.4. The summed E-state index contributed by atoms with van der Waals surface area (Å²) in [5.41, 5.74) is 4.19. The lowest BCUT2D eigenvalue weighted by molar-refractivity contribution is 0.559. The van der Waals surface area contributed by atoms with E-state index in [4.69, 9.17) is 0 Å². The van der Waals surface area contributed by atoms with Gasteiger partial charge in [-0.05, 0) is 48.8 Å². The Kier molecular flexibility index (Phi) is 8.53. The van der Waals surface area contributed by atoms with Gasteiger partial charge in [-0.25, -0.2) is 8.78 Å². The lowest BCUT2D eigenvalue weighted by Gasteiger charge is -2.06. The average molecular weight is 357 g/mol. The summed E-state index contributed by atoms with van der Waals surface area (Å²) < 4.78 is 27.5. The van der Waals surface area contributed by atoms with Crippen LogP contribution in [0.4, 0.5) is 8.78 Å². The zero-order chi connectivity index (χ0) is 18.8. The first-order valence-corrected chi connectivity index (χ1v) is 9.85. The van der Waals surface area contributed by atoms with E-state index in [0.29, 0.717) is 12.0 Å². The first-order chi connectivity index (χ1) is 12.6. The van der Waals surface area contributed by atoms with Gasteiger partial charge in [0.25, 0.3) is 0 Å². The number of benzene rings is 2. The Bertz CT molecular complexity index is 681. The van der Waals surface area contributed by atoms with Crippen LogP contribution in [0.2, 0.25) is 0 Å². The molecule has 0 N–H and O–H groups in total. The van der Waals surface area contributed by atoms with Gasteiger partial charge in [0.15, 0.2) is 5.83 Å². The van der Waals surface area contributed by atoms with Crippen LogP contribution in [0.5, 0.6) is 0 Å². The number of hydrogen-bond donors (Lipinski definition) is 0. The van der Waals surface area contributed by atoms with E-state index >= 15 is 0 Å². The van der Waals surface area contributed by atoms with Crippen molar-refractivity contribution in [2.45, 2.75) is 65.2 Å². The number of aryl methyl sites for hydroxylation is 3. The van der Waals surface area contributed by atoms with Crippen molar-refractivity contribution >= 4 is 5.83 Å². The third-order valence-corrected chi connectivity index (χ3v) is 4.71. The number of halogens is 2. The maximum Gasteiger partial charge on any atom is 0.161 e. The van der Waals surface area contributed by atoms with Crippen LogP contribution < -0.4 is 0 Å². The van der Waals surface area contributed by atoms with Gasteiger partial charge in [-0.1, -0.05) is 75.2 Å². The van der Waals surface area contributed by atoms with E-state index in [1.165, 1.54) is 30.4 Å². The molecule has 0 aliphatic carbocycles. The highest BCUT2D eigenvalue weighted by Gasteiger charge is 2.08. The van der Waals surface area contributed by atoms with Gasteiger partial charge < -0.3 is 0 Å². The zero-order valence-electron chi connectivity index (χ0n) is 16.0. The van der Waals surface area contributed by atoms with E-state index in [-0.39, 0.29) is 6.42 Å². The van der Waals surface area contributed by atoms with Gasteiger partial charge >= 0.3 is 0 Å². The van der Waals surface area contributed by atoms with E-state index in [1.54, 1.807) is 12.1 Å². The van der Waals surface area contributed by atoms with Crippen molar-refractivity contribution in [3.63, 3.8) is 0 Å². The Hall–Kier alpha value is -1.96. The summed E-state index contributed by atoms with van der Waals surface area (Å²) in [6.07, 6.45) is 7.57. The second-order valence-electron chi connectivity index (χ2n) is 6.94. The summed E-state index contributed by atoms with van der Waals surface area (Å²) >= 11 is 0. The van der Waals surface area contributed by atoms with Gasteiger partial charge in [0.05, 0.1) is 0 Å². The molecule has 0 fully saturated rings. The van der Waals surface area contributed by atoms with Gasteiger partial charge in [0, 0.05) is 12.0 Å². The quantitative estimate of drug-likeness (QED) is 0.384. The summed E-state index contributed by atoms with van der Waals surface area (Å²) in [7, 11) is 0. The highest BCUT2D eigenvalue weighted by molar-refractivity contribution is 5.61. The fraction of sp³-hybridized carbons (Fsp3) is 0.417. The monoisotopic (exact) mass is 356 g/mol. The van der Waals surface area contributed by atoms with Crippen LogP contribution in [0.3, 0.4) is 0 Å². The third-order valence-electron chi connectivity index (χ3n) is 4.71. The smallest absolute Gasteiger partial charge is 0.161 e. The third kappa shape index (κ3) is 6.40. The number of allylic oxidation sites excluding steroid dienone is 1. The molecule has 0 aliphatic heterocycles. The Morgan fingerprint density at radius 2 is 1.15 bits per heavy atom. The molecular weight excluding hydrogens is 326 g/mol. The molecule has 0 saturated heterocycles. The van der Waals surface area contributed by atoms with Crippen molar-refractivity contribution in [2.75, 3.05) is 0 Å². The van der Waals surface area contributed by atoms with Gasteiger partial charge in [0.2, 0.25) is 0 Å². The van der Waals surface area contributed by atoms with Crippen LogP contribution in [0, 0.1) is 0 Å². The van der Waals surface area contributed by atoms with Crippen molar-refractivity contribution in [3.05, 3.63) is 76.6 Å². The molecule has 140 valence electrons. The highest BCUT2D eigenvalue weighted by Crippen LogP contribution is 2.24. The Labute approximate surface area is 157 Å². The largest absolute Gasteiger partial charge is 0.209 e. The van der Waals surface area contributed by atoms with Crippen LogP contribution in [0.1, 0.15) is 68.2 Å². The van der Waals surface area contributed by atoms with Crippen molar-refractivity contribution in [1.82, 2.24) is 0 Å². The van der Waals surface area contributed by atoms with Gasteiger partial charge in [-0.3, -0.25) is 0 Å². The molecule has 2 aromatic rings. The van der Waals surface area contributed by atoms with E-state index in [0.717, 1.165) is 24.8 Å². The minimum atomic E-state index is -0.725. The standard InChI is InChI=1S/C24H30F2/c1-3-5-6-8-19-9-11-20(12-10-19)13-14-21-15-17-22(18-16-21)24(26)23(25)7-4-2/h9-12,15-18H,3-8,13-14H2,1-2H3. The molecule has 26 heavy (non-hydrogen) atoms. The molecule has 0 nitrogen and oxygen atoms in total. The van der Waals surface area contributed by atoms with E-state index < -0.39 is 11.7 Å². The van der Waals surface area contributed by atoms with E-state index in [9.17, 15) is 8.78 Å². The summed E-state index contributed by atoms with van der Waals surface area (Å²) in [6.45, 7) is 4.07. The lowest BCUT2D eigenvalue weighted by Crippen LogP contribution is -1.93. The summed E-state index contributed by atoms with van der Waals surface area (Å²) in [5, 5.41) is 0. The van der Waals surface area contributed by atoms with Crippen molar-refractivity contribution < 1.29 is 8.78 Å². The number of hydrogen-bond acceptors (Lipinski definition) is 0. The molecule has 2 aromatic carbocycles. The molecule has 2 rings (SSSR count). The molecule has 0 radical (unpaired) electrons. The molecule has 0 heterocycles. The average Bonchev–Trinajstić information content (AvgIpc) is 2.67. The Morgan fingerprint density at radius 3 is 1.65 bits per heavy atom. The van der Waals surface area contributed by atoms with Crippen molar-refractivity contribution in [3.8, 4) is 0 Å². The minimum Gasteiger partial charge on any atom is -0.209 e. The molecule has 0 aromatic heterocycles. The predicted molar refractivity (Wildman–Crippen MR) is 108 cm³/mol.